The Morgan fingerprint density at radius 3 is 2.81 bits per heavy atom. The lowest BCUT2D eigenvalue weighted by atomic mass is 9.88. The number of rotatable bonds is 5. The summed E-state index contributed by atoms with van der Waals surface area (Å²) >= 11 is 0. The van der Waals surface area contributed by atoms with E-state index in [1.165, 1.54) is 6.20 Å². The first-order chi connectivity index (χ1) is 12.7. The van der Waals surface area contributed by atoms with Gasteiger partial charge in [-0.05, 0) is 31.0 Å². The van der Waals surface area contributed by atoms with Crippen molar-refractivity contribution in [2.45, 2.75) is 44.2 Å². The van der Waals surface area contributed by atoms with Gasteiger partial charge >= 0.3 is 0 Å². The molecule has 1 fully saturated rings. The fraction of sp³-hybridized carbons (Fsp3) is 0.389. The summed E-state index contributed by atoms with van der Waals surface area (Å²) in [6.07, 6.45) is 0.874. The summed E-state index contributed by atoms with van der Waals surface area (Å²) in [4.78, 5) is 20.1. The van der Waals surface area contributed by atoms with Crippen LogP contribution in [0.4, 0.5) is 26.2 Å². The molecular weight excluding hydrogens is 354 g/mol. The maximum Gasteiger partial charge on any atom is 0.254 e. The standard InChI is InChI=1S/C18H22F2N6O/c1-10-3-2-4-11(7-10)24-16-12(15(22)27)9-23-17(26-16)25-14-5-6-18(19,20)8-13(14)21/h2-4,7,9,13-14H,5-6,8,21H2,1H3,(H2,22,27)(H2,23,24,25,26)/t13-,14+/m0/s1. The number of aryl methyl sites for hydroxylation is 1. The maximum absolute atomic E-state index is 13.4. The van der Waals surface area contributed by atoms with Crippen LogP contribution >= 0.6 is 0 Å². The molecule has 0 saturated heterocycles. The molecule has 2 atom stereocenters. The van der Waals surface area contributed by atoms with E-state index in [-0.39, 0.29) is 36.2 Å². The van der Waals surface area contributed by atoms with Crippen molar-refractivity contribution in [3.63, 3.8) is 0 Å². The second-order valence-corrected chi connectivity index (χ2v) is 6.83. The van der Waals surface area contributed by atoms with Gasteiger partial charge in [-0.25, -0.2) is 13.8 Å². The minimum absolute atomic E-state index is 0.126. The van der Waals surface area contributed by atoms with Crippen LogP contribution in [-0.4, -0.2) is 33.9 Å². The van der Waals surface area contributed by atoms with E-state index in [1.807, 2.05) is 31.2 Å². The van der Waals surface area contributed by atoms with Crippen LogP contribution in [0.2, 0.25) is 0 Å². The van der Waals surface area contributed by atoms with Crippen LogP contribution < -0.4 is 22.1 Å². The van der Waals surface area contributed by atoms with Crippen LogP contribution in [0.25, 0.3) is 0 Å². The van der Waals surface area contributed by atoms with Crippen molar-refractivity contribution in [3.8, 4) is 0 Å². The fourth-order valence-corrected chi connectivity index (χ4v) is 3.10. The van der Waals surface area contributed by atoms with Gasteiger partial charge < -0.3 is 22.1 Å². The summed E-state index contributed by atoms with van der Waals surface area (Å²) in [5.74, 6) is -2.99. The van der Waals surface area contributed by atoms with Crippen molar-refractivity contribution < 1.29 is 13.6 Å². The van der Waals surface area contributed by atoms with E-state index in [0.717, 1.165) is 11.3 Å². The zero-order valence-corrected chi connectivity index (χ0v) is 14.9. The monoisotopic (exact) mass is 376 g/mol. The fourth-order valence-electron chi connectivity index (χ4n) is 3.10. The van der Waals surface area contributed by atoms with Gasteiger partial charge in [0.25, 0.3) is 5.91 Å². The van der Waals surface area contributed by atoms with Crippen molar-refractivity contribution >= 4 is 23.4 Å². The Morgan fingerprint density at radius 2 is 2.15 bits per heavy atom. The second kappa shape index (κ2) is 7.43. The molecular formula is C18H22F2N6O. The lowest BCUT2D eigenvalue weighted by molar-refractivity contribution is -0.0423. The molecule has 6 N–H and O–H groups in total. The molecule has 0 radical (unpaired) electrons. The van der Waals surface area contributed by atoms with Crippen LogP contribution in [0.3, 0.4) is 0 Å². The summed E-state index contributed by atoms with van der Waals surface area (Å²) in [6.45, 7) is 1.94. The number of primary amides is 1. The third kappa shape index (κ3) is 4.68. The van der Waals surface area contributed by atoms with Crippen LogP contribution in [0, 0.1) is 6.92 Å². The van der Waals surface area contributed by atoms with E-state index in [4.69, 9.17) is 11.5 Å². The number of amides is 1. The van der Waals surface area contributed by atoms with Gasteiger partial charge in [0.1, 0.15) is 11.4 Å². The topological polar surface area (TPSA) is 119 Å². The molecule has 9 heteroatoms. The molecule has 3 rings (SSSR count). The maximum atomic E-state index is 13.4. The Balaban J connectivity index is 1.82. The van der Waals surface area contributed by atoms with E-state index in [0.29, 0.717) is 0 Å². The number of hydrogen-bond acceptors (Lipinski definition) is 6. The minimum Gasteiger partial charge on any atom is -0.365 e. The highest BCUT2D eigenvalue weighted by atomic mass is 19.3. The largest absolute Gasteiger partial charge is 0.365 e. The molecule has 1 aliphatic carbocycles. The number of benzene rings is 1. The number of halogens is 2. The quantitative estimate of drug-likeness (QED) is 0.637. The van der Waals surface area contributed by atoms with Gasteiger partial charge in [0.2, 0.25) is 11.9 Å². The number of anilines is 3. The number of nitrogens with zero attached hydrogens (tertiary/aromatic N) is 2. The van der Waals surface area contributed by atoms with Crippen LogP contribution in [0.15, 0.2) is 30.5 Å². The minimum atomic E-state index is -2.74. The number of carbonyl (C=O) groups excluding carboxylic acids is 1. The lowest BCUT2D eigenvalue weighted by Gasteiger charge is -2.34. The van der Waals surface area contributed by atoms with Crippen molar-refractivity contribution in [2.24, 2.45) is 11.5 Å². The van der Waals surface area contributed by atoms with Gasteiger partial charge in [0.15, 0.2) is 0 Å². The van der Waals surface area contributed by atoms with Gasteiger partial charge in [0, 0.05) is 36.8 Å². The first-order valence-corrected chi connectivity index (χ1v) is 8.64. The van der Waals surface area contributed by atoms with E-state index in [1.54, 1.807) is 0 Å². The van der Waals surface area contributed by atoms with Crippen molar-refractivity contribution in [3.05, 3.63) is 41.6 Å². The predicted octanol–water partition coefficient (Wildman–Crippen LogP) is 2.55. The SMILES string of the molecule is Cc1cccc(Nc2nc(N[C@@H]3CCC(F)(F)C[C@@H]3N)ncc2C(N)=O)c1. The Kier molecular flexibility index (Phi) is 5.22. The molecule has 0 bridgehead atoms. The molecule has 1 aromatic carbocycles. The first-order valence-electron chi connectivity index (χ1n) is 8.64. The summed E-state index contributed by atoms with van der Waals surface area (Å²) < 4.78 is 26.9. The number of hydrogen-bond donors (Lipinski definition) is 4. The van der Waals surface area contributed by atoms with E-state index >= 15 is 0 Å². The van der Waals surface area contributed by atoms with E-state index in [9.17, 15) is 13.6 Å². The van der Waals surface area contributed by atoms with E-state index in [2.05, 4.69) is 20.6 Å². The summed E-state index contributed by atoms with van der Waals surface area (Å²) in [6, 6.07) is 6.42. The highest BCUT2D eigenvalue weighted by Gasteiger charge is 2.40. The number of alkyl halides is 2. The van der Waals surface area contributed by atoms with E-state index < -0.39 is 24.3 Å². The normalized spacial score (nSPS) is 21.5. The van der Waals surface area contributed by atoms with Gasteiger partial charge in [-0.2, -0.15) is 4.98 Å². The smallest absolute Gasteiger partial charge is 0.254 e. The summed E-state index contributed by atoms with van der Waals surface area (Å²) in [5.41, 5.74) is 13.2. The average molecular weight is 376 g/mol. The summed E-state index contributed by atoms with van der Waals surface area (Å²) in [7, 11) is 0. The van der Waals surface area contributed by atoms with Crippen LogP contribution in [0.5, 0.6) is 0 Å². The first kappa shape index (κ1) is 19.0. The highest BCUT2D eigenvalue weighted by Crippen LogP contribution is 2.33. The Labute approximate surface area is 155 Å². The molecule has 2 aromatic rings. The van der Waals surface area contributed by atoms with Crippen LogP contribution in [0.1, 0.15) is 35.2 Å². The Morgan fingerprint density at radius 1 is 1.37 bits per heavy atom. The Bertz CT molecular complexity index is 844. The molecule has 0 spiro atoms. The molecule has 144 valence electrons. The molecule has 1 amide bonds. The van der Waals surface area contributed by atoms with Gasteiger partial charge in [-0.3, -0.25) is 4.79 Å². The van der Waals surface area contributed by atoms with Gasteiger partial charge in [-0.15, -0.1) is 0 Å². The molecule has 27 heavy (non-hydrogen) atoms. The number of nitrogens with one attached hydrogen (secondary N) is 2. The molecule has 0 aliphatic heterocycles. The second-order valence-electron chi connectivity index (χ2n) is 6.83. The predicted molar refractivity (Wildman–Crippen MR) is 99.2 cm³/mol. The van der Waals surface area contributed by atoms with Gasteiger partial charge in [-0.1, -0.05) is 12.1 Å². The molecule has 7 nitrogen and oxygen atoms in total. The molecule has 1 aromatic heterocycles. The highest BCUT2D eigenvalue weighted by molar-refractivity contribution is 5.98. The Hall–Kier alpha value is -2.81. The number of carbonyl (C=O) groups is 1. The lowest BCUT2D eigenvalue weighted by Crippen LogP contribution is -2.48. The van der Waals surface area contributed by atoms with Crippen molar-refractivity contribution in [2.75, 3.05) is 10.6 Å². The zero-order chi connectivity index (χ0) is 19.6. The van der Waals surface area contributed by atoms with Crippen LogP contribution in [-0.2, 0) is 0 Å². The summed E-state index contributed by atoms with van der Waals surface area (Å²) in [5, 5.41) is 6.05. The third-order valence-electron chi connectivity index (χ3n) is 4.52. The molecule has 1 heterocycles. The van der Waals surface area contributed by atoms with Crippen molar-refractivity contribution in [1.82, 2.24) is 9.97 Å². The number of nitrogens with two attached hydrogens (primary N) is 2. The molecule has 0 unspecified atom stereocenters. The average Bonchev–Trinajstić information content (AvgIpc) is 2.57. The molecule has 1 saturated carbocycles. The zero-order valence-electron chi connectivity index (χ0n) is 14.9. The van der Waals surface area contributed by atoms with Gasteiger partial charge in [0.05, 0.1) is 0 Å². The molecule has 1 aliphatic rings. The van der Waals surface area contributed by atoms with Crippen molar-refractivity contribution in [1.29, 1.82) is 0 Å². The number of aromatic nitrogens is 2. The third-order valence-corrected chi connectivity index (χ3v) is 4.52.